The summed E-state index contributed by atoms with van der Waals surface area (Å²) < 4.78 is 7.45. The van der Waals surface area contributed by atoms with Gasteiger partial charge in [-0.3, -0.25) is 0 Å². The van der Waals surface area contributed by atoms with Gasteiger partial charge in [-0.1, -0.05) is 19.1 Å². The molecular weight excluding hydrogens is 238 g/mol. The summed E-state index contributed by atoms with van der Waals surface area (Å²) in [6, 6.07) is 8.65. The second-order valence-corrected chi connectivity index (χ2v) is 4.91. The highest BCUT2D eigenvalue weighted by atomic mass is 16.5. The van der Waals surface area contributed by atoms with Crippen LogP contribution in [-0.2, 0) is 17.8 Å². The molecule has 0 radical (unpaired) electrons. The van der Waals surface area contributed by atoms with Crippen LogP contribution in [0.2, 0.25) is 0 Å². The molecule has 1 atom stereocenters. The van der Waals surface area contributed by atoms with Gasteiger partial charge >= 0.3 is 0 Å². The molecule has 104 valence electrons. The molecule has 0 bridgehead atoms. The molecule has 2 rings (SSSR count). The van der Waals surface area contributed by atoms with Crippen molar-refractivity contribution < 1.29 is 4.74 Å². The first-order valence-corrected chi connectivity index (χ1v) is 6.92. The monoisotopic (exact) mass is 261 g/mol. The summed E-state index contributed by atoms with van der Waals surface area (Å²) in [5, 5.41) is 3.45. The zero-order chi connectivity index (χ0) is 13.7. The van der Waals surface area contributed by atoms with E-state index in [1.165, 1.54) is 5.52 Å². The third-order valence-electron chi connectivity index (χ3n) is 3.21. The number of nitrogens with zero attached hydrogens (tertiary/aromatic N) is 2. The smallest absolute Gasteiger partial charge is 0.123 e. The summed E-state index contributed by atoms with van der Waals surface area (Å²) in [5.74, 6) is 1.10. The van der Waals surface area contributed by atoms with Crippen molar-refractivity contribution in [3.05, 3.63) is 30.1 Å². The van der Waals surface area contributed by atoms with E-state index in [4.69, 9.17) is 9.72 Å². The Bertz CT molecular complexity index is 521. The molecule has 1 heterocycles. The van der Waals surface area contributed by atoms with Crippen molar-refractivity contribution in [1.29, 1.82) is 0 Å². The zero-order valence-corrected chi connectivity index (χ0v) is 12.0. The quantitative estimate of drug-likeness (QED) is 0.832. The molecule has 2 aromatic rings. The molecule has 0 amide bonds. The molecule has 4 nitrogen and oxygen atoms in total. The number of methoxy groups -OCH3 is 1. The first kappa shape index (κ1) is 14.0. The van der Waals surface area contributed by atoms with Gasteiger partial charge in [0.15, 0.2) is 0 Å². The number of aromatic nitrogens is 2. The van der Waals surface area contributed by atoms with E-state index >= 15 is 0 Å². The lowest BCUT2D eigenvalue weighted by Gasteiger charge is -2.13. The number of hydrogen-bond acceptors (Lipinski definition) is 3. The summed E-state index contributed by atoms with van der Waals surface area (Å²) in [4.78, 5) is 4.72. The van der Waals surface area contributed by atoms with Gasteiger partial charge in [0.2, 0.25) is 0 Å². The molecule has 0 saturated carbocycles. The number of fused-ring (bicyclic) bond motifs is 1. The maximum absolute atomic E-state index is 5.14. The van der Waals surface area contributed by atoms with Crippen LogP contribution in [0.3, 0.4) is 0 Å². The second-order valence-electron chi connectivity index (χ2n) is 4.91. The summed E-state index contributed by atoms with van der Waals surface area (Å²) in [6.45, 7) is 6.82. The third kappa shape index (κ3) is 3.33. The Morgan fingerprint density at radius 1 is 1.37 bits per heavy atom. The SMILES string of the molecule is CCCn1c(CNC(C)COC)nc2ccccc21. The van der Waals surface area contributed by atoms with E-state index in [1.54, 1.807) is 7.11 Å². The number of ether oxygens (including phenoxy) is 1. The molecule has 19 heavy (non-hydrogen) atoms. The molecule has 1 aromatic heterocycles. The van der Waals surface area contributed by atoms with E-state index in [0.29, 0.717) is 12.6 Å². The van der Waals surface area contributed by atoms with E-state index in [1.807, 2.05) is 6.07 Å². The summed E-state index contributed by atoms with van der Waals surface area (Å²) in [6.07, 6.45) is 1.11. The average Bonchev–Trinajstić information content (AvgIpc) is 2.76. The van der Waals surface area contributed by atoms with Gasteiger partial charge in [0.05, 0.1) is 24.2 Å². The Balaban J connectivity index is 2.19. The molecule has 0 aliphatic carbocycles. The average molecular weight is 261 g/mol. The highest BCUT2D eigenvalue weighted by molar-refractivity contribution is 5.75. The zero-order valence-electron chi connectivity index (χ0n) is 12.0. The lowest BCUT2D eigenvalue weighted by Crippen LogP contribution is -2.30. The van der Waals surface area contributed by atoms with E-state index in [0.717, 1.165) is 30.9 Å². The largest absolute Gasteiger partial charge is 0.383 e. The molecule has 0 aliphatic heterocycles. The van der Waals surface area contributed by atoms with Crippen molar-refractivity contribution in [3.8, 4) is 0 Å². The van der Waals surface area contributed by atoms with E-state index in [-0.39, 0.29) is 0 Å². The summed E-state index contributed by atoms with van der Waals surface area (Å²) in [7, 11) is 1.73. The van der Waals surface area contributed by atoms with Crippen LogP contribution < -0.4 is 5.32 Å². The number of nitrogens with one attached hydrogen (secondary N) is 1. The van der Waals surface area contributed by atoms with Crippen molar-refractivity contribution >= 4 is 11.0 Å². The minimum absolute atomic E-state index is 0.333. The Hall–Kier alpha value is -1.39. The molecule has 0 aliphatic rings. The van der Waals surface area contributed by atoms with Gasteiger partial charge in [0.25, 0.3) is 0 Å². The second kappa shape index (κ2) is 6.68. The van der Waals surface area contributed by atoms with Crippen LogP contribution in [-0.4, -0.2) is 29.3 Å². The Kier molecular flexibility index (Phi) is 4.93. The van der Waals surface area contributed by atoms with Crippen LogP contribution in [0.4, 0.5) is 0 Å². The predicted octanol–water partition coefficient (Wildman–Crippen LogP) is 2.57. The first-order valence-electron chi connectivity index (χ1n) is 6.92. The number of para-hydroxylation sites is 2. The van der Waals surface area contributed by atoms with Crippen LogP contribution in [0.15, 0.2) is 24.3 Å². The molecule has 1 aromatic carbocycles. The highest BCUT2D eigenvalue weighted by Gasteiger charge is 2.10. The lowest BCUT2D eigenvalue weighted by atomic mass is 10.3. The number of aryl methyl sites for hydroxylation is 1. The highest BCUT2D eigenvalue weighted by Crippen LogP contribution is 2.16. The van der Waals surface area contributed by atoms with Gasteiger partial charge in [-0.2, -0.15) is 0 Å². The maximum atomic E-state index is 5.14. The lowest BCUT2D eigenvalue weighted by molar-refractivity contribution is 0.171. The molecular formula is C15H23N3O. The number of rotatable bonds is 7. The fourth-order valence-electron chi connectivity index (χ4n) is 2.31. The standard InChI is InChI=1S/C15H23N3O/c1-4-9-18-14-8-6-5-7-13(14)17-15(18)10-16-12(2)11-19-3/h5-8,12,16H,4,9-11H2,1-3H3. The van der Waals surface area contributed by atoms with E-state index in [9.17, 15) is 0 Å². The van der Waals surface area contributed by atoms with Gasteiger partial charge in [0.1, 0.15) is 5.82 Å². The number of hydrogen-bond donors (Lipinski definition) is 1. The third-order valence-corrected chi connectivity index (χ3v) is 3.21. The Morgan fingerprint density at radius 3 is 2.89 bits per heavy atom. The van der Waals surface area contributed by atoms with Crippen LogP contribution >= 0.6 is 0 Å². The normalized spacial score (nSPS) is 13.0. The topological polar surface area (TPSA) is 39.1 Å². The van der Waals surface area contributed by atoms with Crippen molar-refractivity contribution in [2.24, 2.45) is 0 Å². The van der Waals surface area contributed by atoms with E-state index < -0.39 is 0 Å². The predicted molar refractivity (Wildman–Crippen MR) is 78.2 cm³/mol. The minimum atomic E-state index is 0.333. The number of imidazole rings is 1. The fraction of sp³-hybridized carbons (Fsp3) is 0.533. The van der Waals surface area contributed by atoms with Crippen LogP contribution in [0.25, 0.3) is 11.0 Å². The van der Waals surface area contributed by atoms with Crippen molar-refractivity contribution in [1.82, 2.24) is 14.9 Å². The number of benzene rings is 1. The Labute approximate surface area is 114 Å². The van der Waals surface area contributed by atoms with Gasteiger partial charge in [-0.25, -0.2) is 4.98 Å². The molecule has 0 fully saturated rings. The van der Waals surface area contributed by atoms with Gasteiger partial charge in [0, 0.05) is 19.7 Å². The molecule has 0 spiro atoms. The molecule has 1 N–H and O–H groups in total. The van der Waals surface area contributed by atoms with Crippen molar-refractivity contribution in [2.45, 2.75) is 39.4 Å². The molecule has 1 unspecified atom stereocenters. The molecule has 4 heteroatoms. The summed E-state index contributed by atoms with van der Waals surface area (Å²) in [5.41, 5.74) is 2.30. The maximum Gasteiger partial charge on any atom is 0.123 e. The van der Waals surface area contributed by atoms with Crippen LogP contribution in [0, 0.1) is 0 Å². The van der Waals surface area contributed by atoms with Crippen LogP contribution in [0.5, 0.6) is 0 Å². The van der Waals surface area contributed by atoms with Crippen LogP contribution in [0.1, 0.15) is 26.1 Å². The van der Waals surface area contributed by atoms with Crippen molar-refractivity contribution in [3.63, 3.8) is 0 Å². The van der Waals surface area contributed by atoms with Gasteiger partial charge < -0.3 is 14.6 Å². The minimum Gasteiger partial charge on any atom is -0.383 e. The van der Waals surface area contributed by atoms with Gasteiger partial charge in [-0.15, -0.1) is 0 Å². The van der Waals surface area contributed by atoms with Gasteiger partial charge in [-0.05, 0) is 25.5 Å². The fourth-order valence-corrected chi connectivity index (χ4v) is 2.31. The first-order chi connectivity index (χ1) is 9.26. The summed E-state index contributed by atoms with van der Waals surface area (Å²) >= 11 is 0. The molecule has 0 saturated heterocycles. The Morgan fingerprint density at radius 2 is 2.16 bits per heavy atom. The van der Waals surface area contributed by atoms with Crippen molar-refractivity contribution in [2.75, 3.05) is 13.7 Å². The van der Waals surface area contributed by atoms with E-state index in [2.05, 4.69) is 41.9 Å².